The van der Waals surface area contributed by atoms with Crippen molar-refractivity contribution >= 4 is 18.0 Å². The van der Waals surface area contributed by atoms with Crippen LogP contribution >= 0.6 is 0 Å². The van der Waals surface area contributed by atoms with E-state index in [1.54, 1.807) is 24.3 Å². The molecule has 0 aliphatic carbocycles. The van der Waals surface area contributed by atoms with Crippen molar-refractivity contribution < 1.29 is 18.8 Å². The molecule has 0 spiro atoms. The van der Waals surface area contributed by atoms with Gasteiger partial charge in [0.15, 0.2) is 0 Å². The van der Waals surface area contributed by atoms with Crippen LogP contribution in [-0.2, 0) is 4.84 Å². The molecule has 0 bridgehead atoms. The quantitative estimate of drug-likeness (QED) is 0.284. The van der Waals surface area contributed by atoms with E-state index in [4.69, 9.17) is 9.57 Å². The Kier molecular flexibility index (Phi) is 8.12. The van der Waals surface area contributed by atoms with Crippen molar-refractivity contribution in [2.24, 2.45) is 5.16 Å². The van der Waals surface area contributed by atoms with Gasteiger partial charge in [-0.05, 0) is 48.4 Å². The van der Waals surface area contributed by atoms with E-state index in [2.05, 4.69) is 17.4 Å². The largest absolute Gasteiger partial charge is 0.494 e. The van der Waals surface area contributed by atoms with E-state index in [0.717, 1.165) is 12.2 Å². The number of hydrogen-bond acceptors (Lipinski definition) is 4. The summed E-state index contributed by atoms with van der Waals surface area (Å²) in [5.41, 5.74) is 1.20. The van der Waals surface area contributed by atoms with E-state index < -0.39 is 6.09 Å². The smallest absolute Gasteiger partial charge is 0.437 e. The second kappa shape index (κ2) is 10.9. The lowest BCUT2D eigenvalue weighted by molar-refractivity contribution is 0.167. The zero-order valence-corrected chi connectivity index (χ0v) is 14.8. The molecule has 0 saturated heterocycles. The Labute approximate surface area is 152 Å². The molecule has 2 aromatic rings. The zero-order valence-electron chi connectivity index (χ0n) is 14.8. The number of carbonyl (C=O) groups is 1. The number of benzene rings is 2. The molecule has 0 aromatic heterocycles. The minimum atomic E-state index is -0.711. The molecule has 138 valence electrons. The second-order valence-electron chi connectivity index (χ2n) is 5.72. The van der Waals surface area contributed by atoms with Gasteiger partial charge >= 0.3 is 6.09 Å². The lowest BCUT2D eigenvalue weighted by Gasteiger charge is -2.07. The fourth-order valence-corrected chi connectivity index (χ4v) is 2.18. The number of unbranched alkanes of at least 4 members (excludes halogenated alkanes) is 3. The van der Waals surface area contributed by atoms with Crippen molar-refractivity contribution in [1.29, 1.82) is 0 Å². The molecule has 26 heavy (non-hydrogen) atoms. The highest BCUT2D eigenvalue weighted by Crippen LogP contribution is 2.16. The Morgan fingerprint density at radius 1 is 1.08 bits per heavy atom. The van der Waals surface area contributed by atoms with Gasteiger partial charge in [-0.3, -0.25) is 10.2 Å². The third kappa shape index (κ3) is 7.34. The number of rotatable bonds is 9. The molecular formula is C20H23FN2O3. The van der Waals surface area contributed by atoms with E-state index in [1.807, 2.05) is 0 Å². The minimum Gasteiger partial charge on any atom is -0.494 e. The van der Waals surface area contributed by atoms with Crippen LogP contribution in [0, 0.1) is 5.82 Å². The molecule has 0 aliphatic rings. The monoisotopic (exact) mass is 358 g/mol. The van der Waals surface area contributed by atoms with Gasteiger partial charge in [-0.2, -0.15) is 0 Å². The highest BCUT2D eigenvalue weighted by atomic mass is 19.1. The lowest BCUT2D eigenvalue weighted by Crippen LogP contribution is -2.10. The van der Waals surface area contributed by atoms with Crippen molar-refractivity contribution in [1.82, 2.24) is 0 Å². The SMILES string of the molecule is CCCCCCOc1ccc(NC(=O)ON=Cc2ccc(F)cc2)cc1. The summed E-state index contributed by atoms with van der Waals surface area (Å²) in [5.74, 6) is 0.420. The Morgan fingerprint density at radius 3 is 2.50 bits per heavy atom. The number of hydrogen-bond donors (Lipinski definition) is 1. The van der Waals surface area contributed by atoms with Crippen LogP contribution in [0.5, 0.6) is 5.75 Å². The number of nitrogens with zero attached hydrogens (tertiary/aromatic N) is 1. The normalized spacial score (nSPS) is 10.7. The van der Waals surface area contributed by atoms with Crippen LogP contribution in [0.15, 0.2) is 53.7 Å². The molecule has 0 unspecified atom stereocenters. The fourth-order valence-electron chi connectivity index (χ4n) is 2.18. The first-order chi connectivity index (χ1) is 12.7. The molecule has 2 aromatic carbocycles. The van der Waals surface area contributed by atoms with Gasteiger partial charge in [0, 0.05) is 5.69 Å². The molecule has 0 fully saturated rings. The third-order valence-corrected chi connectivity index (χ3v) is 3.57. The van der Waals surface area contributed by atoms with Gasteiger partial charge in [-0.25, -0.2) is 9.18 Å². The Hall–Kier alpha value is -2.89. The van der Waals surface area contributed by atoms with Gasteiger partial charge in [0.25, 0.3) is 0 Å². The molecular weight excluding hydrogens is 335 g/mol. The molecule has 0 aliphatic heterocycles. The van der Waals surface area contributed by atoms with Crippen LogP contribution in [0.3, 0.4) is 0 Å². The first kappa shape index (κ1) is 19.4. The second-order valence-corrected chi connectivity index (χ2v) is 5.72. The van der Waals surface area contributed by atoms with E-state index in [1.165, 1.54) is 49.7 Å². The first-order valence-corrected chi connectivity index (χ1v) is 8.67. The maximum absolute atomic E-state index is 12.8. The average molecular weight is 358 g/mol. The van der Waals surface area contributed by atoms with Crippen molar-refractivity contribution in [3.63, 3.8) is 0 Å². The molecule has 0 saturated carbocycles. The summed E-state index contributed by atoms with van der Waals surface area (Å²) in [6.07, 6.45) is 5.24. The van der Waals surface area contributed by atoms with Crippen LogP contribution < -0.4 is 10.1 Å². The number of oxime groups is 1. The molecule has 0 heterocycles. The zero-order chi connectivity index (χ0) is 18.6. The first-order valence-electron chi connectivity index (χ1n) is 8.67. The fraction of sp³-hybridized carbons (Fsp3) is 0.300. The topological polar surface area (TPSA) is 59.9 Å². The number of nitrogens with one attached hydrogen (secondary N) is 1. The highest BCUT2D eigenvalue weighted by molar-refractivity contribution is 5.85. The van der Waals surface area contributed by atoms with Gasteiger partial charge < -0.3 is 4.74 Å². The molecule has 1 N–H and O–H groups in total. The van der Waals surface area contributed by atoms with E-state index in [9.17, 15) is 9.18 Å². The molecule has 0 atom stereocenters. The van der Waals surface area contributed by atoms with Crippen LogP contribution in [-0.4, -0.2) is 18.9 Å². The van der Waals surface area contributed by atoms with Gasteiger partial charge in [-0.1, -0.05) is 43.5 Å². The predicted octanol–water partition coefficient (Wildman–Crippen LogP) is 5.37. The summed E-state index contributed by atoms with van der Waals surface area (Å²) < 4.78 is 18.4. The minimum absolute atomic E-state index is 0.339. The van der Waals surface area contributed by atoms with E-state index in [-0.39, 0.29) is 5.82 Å². The van der Waals surface area contributed by atoms with Crippen molar-refractivity contribution in [3.05, 3.63) is 59.9 Å². The summed E-state index contributed by atoms with van der Waals surface area (Å²) in [5, 5.41) is 6.12. The molecule has 2 rings (SSSR count). The van der Waals surface area contributed by atoms with E-state index >= 15 is 0 Å². The van der Waals surface area contributed by atoms with Gasteiger partial charge in [0.05, 0.1) is 12.8 Å². The number of anilines is 1. The van der Waals surface area contributed by atoms with Crippen LogP contribution in [0.2, 0.25) is 0 Å². The summed E-state index contributed by atoms with van der Waals surface area (Å²) in [6, 6.07) is 12.7. The average Bonchev–Trinajstić information content (AvgIpc) is 2.64. The highest BCUT2D eigenvalue weighted by Gasteiger charge is 2.03. The van der Waals surface area contributed by atoms with Gasteiger partial charge in [-0.15, -0.1) is 0 Å². The number of ether oxygens (including phenoxy) is 1. The predicted molar refractivity (Wildman–Crippen MR) is 100 cm³/mol. The summed E-state index contributed by atoms with van der Waals surface area (Å²) in [6.45, 7) is 2.86. The third-order valence-electron chi connectivity index (χ3n) is 3.57. The molecule has 5 nitrogen and oxygen atoms in total. The summed E-state index contributed by atoms with van der Waals surface area (Å²) in [4.78, 5) is 16.4. The van der Waals surface area contributed by atoms with Crippen LogP contribution in [0.1, 0.15) is 38.2 Å². The number of amides is 1. The van der Waals surface area contributed by atoms with Crippen LogP contribution in [0.4, 0.5) is 14.9 Å². The van der Waals surface area contributed by atoms with E-state index in [0.29, 0.717) is 17.9 Å². The van der Waals surface area contributed by atoms with Crippen molar-refractivity contribution in [2.45, 2.75) is 32.6 Å². The molecule has 0 radical (unpaired) electrons. The van der Waals surface area contributed by atoms with Crippen molar-refractivity contribution in [3.8, 4) is 5.75 Å². The number of halogens is 1. The lowest BCUT2D eigenvalue weighted by atomic mass is 10.2. The summed E-state index contributed by atoms with van der Waals surface area (Å²) >= 11 is 0. The standard InChI is InChI=1S/C20H23FN2O3/c1-2-3-4-5-14-25-19-12-10-18(11-13-19)23-20(24)26-22-15-16-6-8-17(21)9-7-16/h6-13,15H,2-5,14H2,1H3,(H,23,24). The Bertz CT molecular complexity index is 700. The van der Waals surface area contributed by atoms with Crippen LogP contribution in [0.25, 0.3) is 0 Å². The molecule has 6 heteroatoms. The van der Waals surface area contributed by atoms with Gasteiger partial charge in [0.1, 0.15) is 11.6 Å². The number of carbonyl (C=O) groups excluding carboxylic acids is 1. The Balaban J connectivity index is 1.72. The Morgan fingerprint density at radius 2 is 1.81 bits per heavy atom. The molecule has 1 amide bonds. The maximum atomic E-state index is 12.8. The maximum Gasteiger partial charge on any atom is 0.437 e. The van der Waals surface area contributed by atoms with Gasteiger partial charge in [0.2, 0.25) is 0 Å². The summed E-state index contributed by atoms with van der Waals surface area (Å²) in [7, 11) is 0. The van der Waals surface area contributed by atoms with Crippen molar-refractivity contribution in [2.75, 3.05) is 11.9 Å².